The molecule has 110 heavy (non-hydrogen) atoms. The van der Waals surface area contributed by atoms with Gasteiger partial charge in [-0.15, -0.1) is 0 Å². The highest BCUT2D eigenvalue weighted by Crippen LogP contribution is 2.43. The lowest BCUT2D eigenvalue weighted by Crippen LogP contribution is -2.70. The van der Waals surface area contributed by atoms with Crippen molar-refractivity contribution in [3.8, 4) is 0 Å². The maximum atomic E-state index is 13.9. The Morgan fingerprint density at radius 2 is 0.391 bits per heavy atom. The predicted octanol–water partition coefficient (Wildman–Crippen LogP) is -0.420. The maximum absolute atomic E-state index is 13.9. The molecule has 5 saturated heterocycles. The van der Waals surface area contributed by atoms with Gasteiger partial charge in [-0.05, 0) is 0 Å². The molecule has 0 amide bonds. The molecule has 5 fully saturated rings. The molecule has 5 heterocycles. The molecule has 43 nitrogen and oxygen atoms in total. The van der Waals surface area contributed by atoms with Gasteiger partial charge in [0, 0.05) is 111 Å². The quantitative estimate of drug-likeness (QED) is 0.0314. The number of alkyl halides is 3. The molecule has 0 spiro atoms. The Bertz CT molecular complexity index is 3370. The van der Waals surface area contributed by atoms with Crippen LogP contribution in [-0.4, -0.2) is 292 Å². The summed E-state index contributed by atoms with van der Waals surface area (Å²) < 4.78 is 151. The summed E-state index contributed by atoms with van der Waals surface area (Å²) in [6.45, 7) is 9.33. The summed E-state index contributed by atoms with van der Waals surface area (Å²) in [6, 6.07) is 0. The first-order valence-corrected chi connectivity index (χ1v) is 34.2. The molecule has 0 saturated carbocycles. The highest BCUT2D eigenvalue weighted by atomic mass is 35.6. The number of ether oxygens (including phenoxy) is 26. The molecule has 618 valence electrons. The smallest absolute Gasteiger partial charge is 0.303 e. The SMILES string of the molecule is CC(=O)OC[C@H]1O[C@H](O[C@@H]2[C@H](OC(C)=O)[C@@H](O[C@@H]3[C@H](OC(C)=O)[C@@H](O[C@@H]4[C@H](OC(C)=O)[C@@H](O[C@@H]5[C@@H](OC(=N)C(Cl)(Cl)Cl)O[C@H](COC(C)=O)[C@@H](OC(C)=O)[C@@H]5OC(C)=O)O[C@H](COC(C)=O)[C@H]4OC(C)=O)O[C@H](COC(C)=O)[C@H]3OC(C)=O)O[C@H](COC(C)=O)[C@H]2OC(C)=O)[C@@H](OC(C)=O)[C@@H](OC(C)=O)[C@@H]1OC(C)=O. The van der Waals surface area contributed by atoms with Crippen LogP contribution in [0.4, 0.5) is 0 Å². The molecule has 0 bridgehead atoms. The number of halogens is 3. The van der Waals surface area contributed by atoms with Crippen LogP contribution in [0.5, 0.6) is 0 Å². The highest BCUT2D eigenvalue weighted by Gasteiger charge is 2.64. The predicted molar refractivity (Wildman–Crippen MR) is 346 cm³/mol. The third-order valence-electron chi connectivity index (χ3n) is 15.2. The molecule has 25 atom stereocenters. The standard InChI is InChI=1S/C64H84Cl3NO42/c1-22(69)85-17-38-43(90-27(6)74)48(95-32(11)79)53(97-34(13)81)58(101-38)106-50-45(92-29(8)76)40(19-87-24(3)71)102-59(54(50)98-35(14)82)107-51-46(93-30(9)77)41(20-88-25(4)72)103-60(55(51)99-36(15)83)108-52-47(94-31(10)78)42(21-89-26(5)73)104-61(56(52)100-37(16)84)109-57-49(96-33(12)80)44(91-28(7)75)39(18-86-23(2)70)105-62(57)110-63(68)64(65,66)67/h38-62,68H,17-21H2,1-16H3/t38-,39-,40-,41-,42-,43-,44-,45-,46-,47-,48+,49+,50+,51+,52+,53+,54+,55+,56+,57+,58-,59-,60-,61-,62-/m1/s1. The molecule has 0 aromatic carbocycles. The molecule has 0 aromatic rings. The van der Waals surface area contributed by atoms with E-state index in [1.165, 1.54) is 0 Å². The minimum absolute atomic E-state index is 0.790. The van der Waals surface area contributed by atoms with Crippen molar-refractivity contribution >= 4 is 136 Å². The number of carbonyl (C=O) groups is 16. The second-order valence-electron chi connectivity index (χ2n) is 24.4. The Balaban J connectivity index is 1.88. The lowest BCUT2D eigenvalue weighted by atomic mass is 9.94. The van der Waals surface area contributed by atoms with Crippen LogP contribution in [0.2, 0.25) is 0 Å². The van der Waals surface area contributed by atoms with Gasteiger partial charge < -0.3 is 123 Å². The Morgan fingerprint density at radius 3 is 0.591 bits per heavy atom. The van der Waals surface area contributed by atoms with Crippen molar-refractivity contribution in [1.82, 2.24) is 0 Å². The second-order valence-corrected chi connectivity index (χ2v) is 26.7. The summed E-state index contributed by atoms with van der Waals surface area (Å²) in [5.74, 6) is -19.4. The van der Waals surface area contributed by atoms with Crippen molar-refractivity contribution in [3.05, 3.63) is 0 Å². The zero-order valence-corrected chi connectivity index (χ0v) is 64.0. The molecule has 46 heteroatoms. The van der Waals surface area contributed by atoms with Crippen molar-refractivity contribution in [1.29, 1.82) is 5.41 Å². The first kappa shape index (κ1) is 92.1. The van der Waals surface area contributed by atoms with Crippen LogP contribution >= 0.6 is 34.8 Å². The number of hydrogen-bond donors (Lipinski definition) is 1. The number of hydrogen-bond acceptors (Lipinski definition) is 43. The first-order valence-electron chi connectivity index (χ1n) is 33.0. The fourth-order valence-electron chi connectivity index (χ4n) is 11.6. The number of carbonyl (C=O) groups excluding carboxylic acids is 16. The Kier molecular flexibility index (Phi) is 34.9. The Morgan fingerprint density at radius 1 is 0.227 bits per heavy atom. The summed E-state index contributed by atoms with van der Waals surface area (Å²) >= 11 is 18.2. The largest absolute Gasteiger partial charge is 0.463 e. The molecule has 5 rings (SSSR count). The van der Waals surface area contributed by atoms with E-state index < -0.39 is 292 Å². The van der Waals surface area contributed by atoms with Crippen molar-refractivity contribution in [2.45, 2.75) is 268 Å². The molecule has 5 aliphatic rings. The van der Waals surface area contributed by atoms with Gasteiger partial charge in [-0.1, -0.05) is 34.8 Å². The Labute approximate surface area is 640 Å². The molecule has 0 unspecified atom stereocenters. The normalized spacial score (nSPS) is 31.9. The topological polar surface area (TPSA) is 537 Å². The van der Waals surface area contributed by atoms with Gasteiger partial charge >= 0.3 is 95.5 Å². The van der Waals surface area contributed by atoms with E-state index in [2.05, 4.69) is 0 Å². The minimum Gasteiger partial charge on any atom is -0.463 e. The van der Waals surface area contributed by atoms with Gasteiger partial charge in [-0.3, -0.25) is 82.1 Å². The lowest BCUT2D eigenvalue weighted by Gasteiger charge is -2.51. The van der Waals surface area contributed by atoms with E-state index in [-0.39, 0.29) is 0 Å². The molecular weight excluding hydrogens is 1560 g/mol. The van der Waals surface area contributed by atoms with Crippen LogP contribution in [0.1, 0.15) is 111 Å². The minimum atomic E-state index is -2.76. The van der Waals surface area contributed by atoms with E-state index in [1.54, 1.807) is 0 Å². The summed E-state index contributed by atoms with van der Waals surface area (Å²) in [5.41, 5.74) is 0. The van der Waals surface area contributed by atoms with Gasteiger partial charge in [-0.2, -0.15) is 0 Å². The molecule has 1 N–H and O–H groups in total. The van der Waals surface area contributed by atoms with E-state index in [0.29, 0.717) is 0 Å². The number of nitrogens with one attached hydrogen (secondary N) is 1. The van der Waals surface area contributed by atoms with Crippen LogP contribution in [0.25, 0.3) is 0 Å². The highest BCUT2D eigenvalue weighted by molar-refractivity contribution is 6.76. The van der Waals surface area contributed by atoms with E-state index in [1.807, 2.05) is 0 Å². The van der Waals surface area contributed by atoms with E-state index in [9.17, 15) is 76.7 Å². The third kappa shape index (κ3) is 27.8. The van der Waals surface area contributed by atoms with Crippen molar-refractivity contribution < 1.29 is 200 Å². The van der Waals surface area contributed by atoms with Crippen molar-refractivity contribution in [2.24, 2.45) is 0 Å². The van der Waals surface area contributed by atoms with Gasteiger partial charge in [0.1, 0.15) is 81.9 Å². The van der Waals surface area contributed by atoms with Crippen molar-refractivity contribution in [2.75, 3.05) is 33.0 Å². The summed E-state index contributed by atoms with van der Waals surface area (Å²) in [5, 5.41) is 8.60. The molecule has 0 aliphatic carbocycles. The summed E-state index contributed by atoms with van der Waals surface area (Å²) in [4.78, 5) is 210. The van der Waals surface area contributed by atoms with Crippen LogP contribution in [0.3, 0.4) is 0 Å². The number of rotatable bonds is 30. The zero-order chi connectivity index (χ0) is 82.7. The van der Waals surface area contributed by atoms with Gasteiger partial charge in [0.2, 0.25) is 12.2 Å². The third-order valence-corrected chi connectivity index (χ3v) is 15.7. The van der Waals surface area contributed by atoms with Crippen LogP contribution in [0.15, 0.2) is 0 Å². The van der Waals surface area contributed by atoms with Gasteiger partial charge in [0.15, 0.2) is 98.4 Å². The fourth-order valence-corrected chi connectivity index (χ4v) is 11.7. The zero-order valence-electron chi connectivity index (χ0n) is 61.7. The maximum Gasteiger partial charge on any atom is 0.303 e. The van der Waals surface area contributed by atoms with Gasteiger partial charge in [0.25, 0.3) is 3.79 Å². The fraction of sp³-hybridized carbons (Fsp3) is 0.734. The van der Waals surface area contributed by atoms with Crippen LogP contribution < -0.4 is 0 Å². The molecule has 5 aliphatic heterocycles. The number of esters is 16. The average Bonchev–Trinajstić information content (AvgIpc) is 0.787. The Hall–Kier alpha value is -8.50. The van der Waals surface area contributed by atoms with Crippen LogP contribution in [-0.2, 0) is 200 Å². The van der Waals surface area contributed by atoms with Crippen molar-refractivity contribution in [3.63, 3.8) is 0 Å². The van der Waals surface area contributed by atoms with E-state index >= 15 is 0 Å². The van der Waals surface area contributed by atoms with E-state index in [4.69, 9.17) is 163 Å². The average molecular weight is 1650 g/mol. The molecule has 0 radical (unpaired) electrons. The van der Waals surface area contributed by atoms with Gasteiger partial charge in [0.05, 0.1) is 0 Å². The van der Waals surface area contributed by atoms with Gasteiger partial charge in [-0.25, -0.2) is 0 Å². The van der Waals surface area contributed by atoms with E-state index in [0.717, 1.165) is 111 Å². The lowest BCUT2D eigenvalue weighted by molar-refractivity contribution is -0.396. The first-order chi connectivity index (χ1) is 51.2. The molecule has 0 aromatic heterocycles. The summed E-state index contributed by atoms with van der Waals surface area (Å²) in [7, 11) is 0. The monoisotopic (exact) mass is 1640 g/mol. The summed E-state index contributed by atoms with van der Waals surface area (Å²) in [6.07, 6.45) is -54.3. The molecular formula is C64H84Cl3NO42. The second kappa shape index (κ2) is 41.7. The van der Waals surface area contributed by atoms with Crippen LogP contribution in [0, 0.1) is 5.41 Å².